The van der Waals surface area contributed by atoms with Crippen LogP contribution in [0, 0.1) is 17.2 Å². The minimum Gasteiger partial charge on any atom is -0.299 e. The second kappa shape index (κ2) is 5.21. The van der Waals surface area contributed by atoms with Gasteiger partial charge < -0.3 is 0 Å². The number of rotatable bonds is 3. The third-order valence-corrected chi connectivity index (χ3v) is 4.16. The molecule has 0 N–H and O–H groups in total. The molecule has 1 atom stereocenters. The quantitative estimate of drug-likeness (QED) is 0.785. The monoisotopic (exact) mass is 248 g/mol. The van der Waals surface area contributed by atoms with Crippen molar-refractivity contribution in [2.45, 2.75) is 46.0 Å². The fraction of sp³-hybridized carbons (Fsp3) is 0.562. The Morgan fingerprint density at radius 3 is 2.83 bits per heavy atom. The lowest BCUT2D eigenvalue weighted by Crippen LogP contribution is -2.34. The van der Waals surface area contributed by atoms with Crippen molar-refractivity contribution in [1.29, 1.82) is 0 Å². The summed E-state index contributed by atoms with van der Waals surface area (Å²) in [5.41, 5.74) is 0.893. The van der Waals surface area contributed by atoms with Gasteiger partial charge in [-0.15, -0.1) is 0 Å². The number of carbonyl (C=O) groups excluding carboxylic acids is 1. The van der Waals surface area contributed by atoms with Gasteiger partial charge in [-0.1, -0.05) is 38.8 Å². The van der Waals surface area contributed by atoms with Crippen molar-refractivity contribution in [3.8, 4) is 0 Å². The minimum atomic E-state index is -0.261. The summed E-state index contributed by atoms with van der Waals surface area (Å²) < 4.78 is 13.1. The highest BCUT2D eigenvalue weighted by Gasteiger charge is 2.36. The van der Waals surface area contributed by atoms with Gasteiger partial charge in [0.25, 0.3) is 0 Å². The molecule has 0 aliphatic heterocycles. The van der Waals surface area contributed by atoms with Crippen LogP contribution < -0.4 is 0 Å². The van der Waals surface area contributed by atoms with Crippen molar-refractivity contribution in [3.63, 3.8) is 0 Å². The zero-order valence-electron chi connectivity index (χ0n) is 11.2. The van der Waals surface area contributed by atoms with Crippen LogP contribution in [0.3, 0.4) is 0 Å². The van der Waals surface area contributed by atoms with E-state index in [1.807, 2.05) is 6.07 Å². The molecular formula is C16H21FO. The van der Waals surface area contributed by atoms with Gasteiger partial charge >= 0.3 is 0 Å². The van der Waals surface area contributed by atoms with Crippen LogP contribution in [-0.2, 0) is 11.2 Å². The molecule has 0 aromatic heterocycles. The van der Waals surface area contributed by atoms with Gasteiger partial charge in [-0.3, -0.25) is 4.79 Å². The van der Waals surface area contributed by atoms with Crippen LogP contribution in [0.1, 0.15) is 45.1 Å². The molecule has 1 aliphatic rings. The van der Waals surface area contributed by atoms with Crippen LogP contribution >= 0.6 is 0 Å². The summed E-state index contributed by atoms with van der Waals surface area (Å²) in [4.78, 5) is 12.4. The summed E-state index contributed by atoms with van der Waals surface area (Å²) in [6.07, 6.45) is 4.83. The van der Waals surface area contributed by atoms with E-state index in [1.54, 1.807) is 6.07 Å². The number of carbonyl (C=O) groups is 1. The largest absolute Gasteiger partial charge is 0.299 e. The molecule has 1 saturated carbocycles. The highest BCUT2D eigenvalue weighted by Crippen LogP contribution is 2.41. The number of halogens is 1. The molecule has 0 spiro atoms. The topological polar surface area (TPSA) is 17.1 Å². The van der Waals surface area contributed by atoms with Gasteiger partial charge in [0.2, 0.25) is 0 Å². The molecule has 1 aliphatic carbocycles. The molecule has 18 heavy (non-hydrogen) atoms. The number of hydrogen-bond acceptors (Lipinski definition) is 1. The van der Waals surface area contributed by atoms with Crippen LogP contribution in [0.25, 0.3) is 0 Å². The summed E-state index contributed by atoms with van der Waals surface area (Å²) in [6, 6.07) is 6.38. The molecule has 2 heteroatoms. The molecule has 0 bridgehead atoms. The van der Waals surface area contributed by atoms with Gasteiger partial charge in [-0.2, -0.15) is 0 Å². The summed E-state index contributed by atoms with van der Waals surface area (Å²) >= 11 is 0. The van der Waals surface area contributed by atoms with E-state index < -0.39 is 0 Å². The predicted octanol–water partition coefficient (Wildman–Crippen LogP) is 4.15. The zero-order chi connectivity index (χ0) is 13.2. The van der Waals surface area contributed by atoms with E-state index in [1.165, 1.54) is 18.6 Å². The third-order valence-electron chi connectivity index (χ3n) is 4.16. The summed E-state index contributed by atoms with van der Waals surface area (Å²) in [5, 5.41) is 0. The van der Waals surface area contributed by atoms with Crippen molar-refractivity contribution < 1.29 is 9.18 Å². The van der Waals surface area contributed by atoms with E-state index in [-0.39, 0.29) is 22.9 Å². The van der Waals surface area contributed by atoms with Crippen molar-refractivity contribution in [1.82, 2.24) is 0 Å². The molecule has 0 heterocycles. The SMILES string of the molecule is CC1(C)CCCCC1C(=O)Cc1cccc(F)c1. The summed E-state index contributed by atoms with van der Waals surface area (Å²) in [5.74, 6) is 0.142. The average molecular weight is 248 g/mol. The summed E-state index contributed by atoms with van der Waals surface area (Å²) in [7, 11) is 0. The van der Waals surface area contributed by atoms with Crippen molar-refractivity contribution in [2.75, 3.05) is 0 Å². The predicted molar refractivity (Wildman–Crippen MR) is 70.9 cm³/mol. The lowest BCUT2D eigenvalue weighted by atomic mass is 9.66. The Morgan fingerprint density at radius 1 is 1.39 bits per heavy atom. The molecule has 2 rings (SSSR count). The summed E-state index contributed by atoms with van der Waals surface area (Å²) in [6.45, 7) is 4.36. The van der Waals surface area contributed by atoms with Crippen molar-refractivity contribution >= 4 is 5.78 Å². The standard InChI is InChI=1S/C16H21FO/c1-16(2)9-4-3-8-14(16)15(18)11-12-6-5-7-13(17)10-12/h5-7,10,14H,3-4,8-9,11H2,1-2H3. The Morgan fingerprint density at radius 2 is 2.17 bits per heavy atom. The molecule has 0 saturated heterocycles. The number of Topliss-reactive ketones (excluding diaryl/α,β-unsaturated/α-hetero) is 1. The molecule has 1 aromatic carbocycles. The molecule has 1 nitrogen and oxygen atoms in total. The maximum absolute atomic E-state index is 13.1. The van der Waals surface area contributed by atoms with E-state index in [4.69, 9.17) is 0 Å². The van der Waals surface area contributed by atoms with Crippen LogP contribution in [0.5, 0.6) is 0 Å². The number of benzene rings is 1. The second-order valence-electron chi connectivity index (χ2n) is 6.06. The van der Waals surface area contributed by atoms with E-state index >= 15 is 0 Å². The van der Waals surface area contributed by atoms with E-state index in [9.17, 15) is 9.18 Å². The van der Waals surface area contributed by atoms with E-state index in [0.717, 1.165) is 24.8 Å². The lowest BCUT2D eigenvalue weighted by Gasteiger charge is -2.37. The zero-order valence-corrected chi connectivity index (χ0v) is 11.2. The van der Waals surface area contributed by atoms with Crippen LogP contribution in [0.4, 0.5) is 4.39 Å². The van der Waals surface area contributed by atoms with Gasteiger partial charge in [0.15, 0.2) is 0 Å². The first kappa shape index (κ1) is 13.3. The fourth-order valence-corrected chi connectivity index (χ4v) is 3.06. The van der Waals surface area contributed by atoms with Crippen molar-refractivity contribution in [2.24, 2.45) is 11.3 Å². The van der Waals surface area contributed by atoms with Crippen molar-refractivity contribution in [3.05, 3.63) is 35.6 Å². The third kappa shape index (κ3) is 2.98. The first-order chi connectivity index (χ1) is 8.49. The minimum absolute atomic E-state index is 0.0999. The molecular weight excluding hydrogens is 227 g/mol. The molecule has 1 unspecified atom stereocenters. The van der Waals surface area contributed by atoms with Gasteiger partial charge in [-0.05, 0) is 36.0 Å². The first-order valence-corrected chi connectivity index (χ1v) is 6.76. The smallest absolute Gasteiger partial charge is 0.140 e. The molecule has 0 amide bonds. The van der Waals surface area contributed by atoms with Gasteiger partial charge in [-0.25, -0.2) is 4.39 Å². The van der Waals surface area contributed by atoms with Gasteiger partial charge in [0, 0.05) is 12.3 Å². The molecule has 98 valence electrons. The van der Waals surface area contributed by atoms with E-state index in [2.05, 4.69) is 13.8 Å². The number of ketones is 1. The second-order valence-corrected chi connectivity index (χ2v) is 6.06. The highest BCUT2D eigenvalue weighted by atomic mass is 19.1. The lowest BCUT2D eigenvalue weighted by molar-refractivity contribution is -0.127. The van der Waals surface area contributed by atoms with Crippen LogP contribution in [0.15, 0.2) is 24.3 Å². The number of hydrogen-bond donors (Lipinski definition) is 0. The van der Waals surface area contributed by atoms with Gasteiger partial charge in [0.05, 0.1) is 0 Å². The van der Waals surface area contributed by atoms with Crippen LogP contribution in [0.2, 0.25) is 0 Å². The normalized spacial score (nSPS) is 22.7. The Balaban J connectivity index is 2.07. The van der Waals surface area contributed by atoms with E-state index in [0.29, 0.717) is 6.42 Å². The Bertz CT molecular complexity index is 436. The molecule has 0 radical (unpaired) electrons. The maximum atomic E-state index is 13.1. The fourth-order valence-electron chi connectivity index (χ4n) is 3.06. The Hall–Kier alpha value is -1.18. The molecule has 1 fully saturated rings. The Labute approximate surface area is 108 Å². The molecule has 1 aromatic rings. The highest BCUT2D eigenvalue weighted by molar-refractivity contribution is 5.84. The van der Waals surface area contributed by atoms with Gasteiger partial charge in [0.1, 0.15) is 11.6 Å². The first-order valence-electron chi connectivity index (χ1n) is 6.76. The van der Waals surface area contributed by atoms with Crippen LogP contribution in [-0.4, -0.2) is 5.78 Å². The Kier molecular flexibility index (Phi) is 3.84. The average Bonchev–Trinajstić information content (AvgIpc) is 2.28. The maximum Gasteiger partial charge on any atom is 0.140 e.